The molecule has 0 amide bonds. The maximum Gasteiger partial charge on any atom is 0.303 e. The van der Waals surface area contributed by atoms with E-state index in [2.05, 4.69) is 4.98 Å². The largest absolute Gasteiger partial charge is 0.481 e. The van der Waals surface area contributed by atoms with Gasteiger partial charge in [-0.05, 0) is 26.2 Å². The average Bonchev–Trinajstić information content (AvgIpc) is 2.76. The van der Waals surface area contributed by atoms with Crippen LogP contribution in [0.25, 0.3) is 0 Å². The second-order valence-electron chi connectivity index (χ2n) is 4.57. The fourth-order valence-electron chi connectivity index (χ4n) is 2.00. The molecule has 2 rings (SSSR count). The molecule has 1 unspecified atom stereocenters. The van der Waals surface area contributed by atoms with E-state index in [1.165, 1.54) is 6.26 Å². The van der Waals surface area contributed by atoms with Gasteiger partial charge in [-0.15, -0.1) is 0 Å². The van der Waals surface area contributed by atoms with Crippen LogP contribution in [0.1, 0.15) is 44.2 Å². The number of hydrogen-bond donors (Lipinski definition) is 1. The van der Waals surface area contributed by atoms with Crippen molar-refractivity contribution < 1.29 is 19.1 Å². The van der Waals surface area contributed by atoms with Crippen LogP contribution in [-0.2, 0) is 21.6 Å². The van der Waals surface area contributed by atoms with Gasteiger partial charge in [0.25, 0.3) is 0 Å². The van der Waals surface area contributed by atoms with Gasteiger partial charge in [-0.2, -0.15) is 0 Å². The van der Waals surface area contributed by atoms with Crippen LogP contribution in [0.5, 0.6) is 0 Å². The smallest absolute Gasteiger partial charge is 0.303 e. The van der Waals surface area contributed by atoms with Crippen molar-refractivity contribution in [3.63, 3.8) is 0 Å². The highest BCUT2D eigenvalue weighted by molar-refractivity contribution is 5.66. The minimum absolute atomic E-state index is 0.0730. The Kier molecular flexibility index (Phi) is 3.47. The number of nitrogens with zero attached hydrogens (tertiary/aromatic N) is 1. The summed E-state index contributed by atoms with van der Waals surface area (Å²) in [4.78, 5) is 14.8. The Bertz CT molecular complexity index is 393. The summed E-state index contributed by atoms with van der Waals surface area (Å²) in [6.45, 7) is 2.70. The van der Waals surface area contributed by atoms with Gasteiger partial charge >= 0.3 is 5.97 Å². The zero-order valence-corrected chi connectivity index (χ0v) is 9.94. The Balaban J connectivity index is 2.03. The third-order valence-electron chi connectivity index (χ3n) is 3.07. The van der Waals surface area contributed by atoms with Crippen LogP contribution in [0.15, 0.2) is 10.7 Å². The number of carboxylic acids is 1. The van der Waals surface area contributed by atoms with E-state index in [1.807, 2.05) is 6.92 Å². The van der Waals surface area contributed by atoms with Crippen molar-refractivity contribution in [1.82, 2.24) is 4.98 Å². The number of aromatic nitrogens is 1. The van der Waals surface area contributed by atoms with Crippen LogP contribution >= 0.6 is 0 Å². The van der Waals surface area contributed by atoms with Gasteiger partial charge in [0.15, 0.2) is 0 Å². The van der Waals surface area contributed by atoms with E-state index in [0.717, 1.165) is 25.9 Å². The maximum absolute atomic E-state index is 10.5. The molecule has 0 radical (unpaired) electrons. The number of ether oxygens (including phenoxy) is 1. The van der Waals surface area contributed by atoms with Gasteiger partial charge in [0.05, 0.1) is 12.1 Å². The topological polar surface area (TPSA) is 72.6 Å². The van der Waals surface area contributed by atoms with Crippen LogP contribution in [0.3, 0.4) is 0 Å². The minimum Gasteiger partial charge on any atom is -0.481 e. The summed E-state index contributed by atoms with van der Waals surface area (Å²) in [6.07, 6.45) is 5.07. The third-order valence-corrected chi connectivity index (χ3v) is 3.07. The van der Waals surface area contributed by atoms with Crippen molar-refractivity contribution in [3.05, 3.63) is 17.8 Å². The zero-order chi connectivity index (χ0) is 12.3. The van der Waals surface area contributed by atoms with E-state index in [9.17, 15) is 4.79 Å². The Morgan fingerprint density at radius 2 is 2.41 bits per heavy atom. The standard InChI is InChI=1S/C12H17NO4/c1-12(6-2-3-7-17-12)11-13-9(8-16-11)4-5-10(14)15/h8H,2-7H2,1H3,(H,14,15). The molecule has 1 aliphatic heterocycles. The summed E-state index contributed by atoms with van der Waals surface area (Å²) in [7, 11) is 0. The predicted octanol–water partition coefficient (Wildman–Crippen LogP) is 2.11. The number of hydrogen-bond acceptors (Lipinski definition) is 4. The Morgan fingerprint density at radius 1 is 1.59 bits per heavy atom. The summed E-state index contributed by atoms with van der Waals surface area (Å²) in [5.74, 6) is -0.257. The lowest BCUT2D eigenvalue weighted by molar-refractivity contribution is -0.136. The normalized spacial score (nSPS) is 24.8. The lowest BCUT2D eigenvalue weighted by Crippen LogP contribution is -2.30. The van der Waals surface area contributed by atoms with Crippen LogP contribution in [0.4, 0.5) is 0 Å². The van der Waals surface area contributed by atoms with Gasteiger partial charge in [-0.1, -0.05) is 0 Å². The fourth-order valence-corrected chi connectivity index (χ4v) is 2.00. The molecule has 1 saturated heterocycles. The van der Waals surface area contributed by atoms with Crippen LogP contribution < -0.4 is 0 Å². The monoisotopic (exact) mass is 239 g/mol. The highest BCUT2D eigenvalue weighted by Gasteiger charge is 2.34. The first kappa shape index (κ1) is 12.1. The molecule has 2 heterocycles. The molecule has 0 saturated carbocycles. The molecule has 17 heavy (non-hydrogen) atoms. The molecule has 5 heteroatoms. The highest BCUT2D eigenvalue weighted by atomic mass is 16.5. The third kappa shape index (κ3) is 2.85. The molecule has 1 aliphatic rings. The van der Waals surface area contributed by atoms with Gasteiger partial charge in [0, 0.05) is 13.0 Å². The zero-order valence-electron chi connectivity index (χ0n) is 9.94. The van der Waals surface area contributed by atoms with E-state index in [-0.39, 0.29) is 6.42 Å². The van der Waals surface area contributed by atoms with Crippen molar-refractivity contribution in [2.24, 2.45) is 0 Å². The van der Waals surface area contributed by atoms with Crippen LogP contribution in [0.2, 0.25) is 0 Å². The Morgan fingerprint density at radius 3 is 3.06 bits per heavy atom. The average molecular weight is 239 g/mol. The molecule has 0 aliphatic carbocycles. The maximum atomic E-state index is 10.5. The molecule has 1 aromatic heterocycles. The number of carbonyl (C=O) groups is 1. The van der Waals surface area contributed by atoms with Gasteiger partial charge in [-0.25, -0.2) is 4.98 Å². The first-order chi connectivity index (χ1) is 8.10. The highest BCUT2D eigenvalue weighted by Crippen LogP contribution is 2.33. The van der Waals surface area contributed by atoms with Crippen molar-refractivity contribution >= 4 is 5.97 Å². The molecule has 0 spiro atoms. The number of oxazole rings is 1. The van der Waals surface area contributed by atoms with E-state index in [0.29, 0.717) is 18.0 Å². The van der Waals surface area contributed by atoms with E-state index in [1.54, 1.807) is 0 Å². The Hall–Kier alpha value is -1.36. The molecule has 94 valence electrons. The number of rotatable bonds is 4. The summed E-state index contributed by atoms with van der Waals surface area (Å²) >= 11 is 0. The van der Waals surface area contributed by atoms with E-state index < -0.39 is 11.6 Å². The molecule has 1 N–H and O–H groups in total. The lowest BCUT2D eigenvalue weighted by Gasteiger charge is -2.30. The summed E-state index contributed by atoms with van der Waals surface area (Å²) in [5.41, 5.74) is 0.234. The minimum atomic E-state index is -0.824. The molecule has 0 aromatic carbocycles. The fraction of sp³-hybridized carbons (Fsp3) is 0.667. The molecule has 1 aromatic rings. The quantitative estimate of drug-likeness (QED) is 0.871. The van der Waals surface area contributed by atoms with E-state index in [4.69, 9.17) is 14.3 Å². The SMILES string of the molecule is CC1(c2nc(CCC(=O)O)co2)CCCCO1. The molecular formula is C12H17NO4. The molecular weight excluding hydrogens is 222 g/mol. The van der Waals surface area contributed by atoms with Gasteiger partial charge in [0.2, 0.25) is 5.89 Å². The van der Waals surface area contributed by atoms with Gasteiger partial charge < -0.3 is 14.3 Å². The molecule has 1 atom stereocenters. The second-order valence-corrected chi connectivity index (χ2v) is 4.57. The first-order valence-electron chi connectivity index (χ1n) is 5.91. The number of carboxylic acid groups (broad SMARTS) is 1. The van der Waals surface area contributed by atoms with Crippen molar-refractivity contribution in [1.29, 1.82) is 0 Å². The van der Waals surface area contributed by atoms with E-state index >= 15 is 0 Å². The number of aryl methyl sites for hydroxylation is 1. The van der Waals surface area contributed by atoms with Crippen molar-refractivity contribution in [2.75, 3.05) is 6.61 Å². The Labute approximate surface area is 99.8 Å². The lowest BCUT2D eigenvalue weighted by atomic mass is 9.96. The van der Waals surface area contributed by atoms with Crippen molar-refractivity contribution in [3.8, 4) is 0 Å². The van der Waals surface area contributed by atoms with Crippen molar-refractivity contribution in [2.45, 2.75) is 44.6 Å². The number of aliphatic carboxylic acids is 1. The van der Waals surface area contributed by atoms with Crippen LogP contribution in [0, 0.1) is 0 Å². The predicted molar refractivity (Wildman–Crippen MR) is 59.6 cm³/mol. The summed E-state index contributed by atoms with van der Waals surface area (Å²) < 4.78 is 11.1. The van der Waals surface area contributed by atoms with Gasteiger partial charge in [0.1, 0.15) is 11.9 Å². The summed E-state index contributed by atoms with van der Waals surface area (Å²) in [5, 5.41) is 8.60. The molecule has 1 fully saturated rings. The van der Waals surface area contributed by atoms with Crippen LogP contribution in [-0.4, -0.2) is 22.7 Å². The molecule has 0 bridgehead atoms. The summed E-state index contributed by atoms with van der Waals surface area (Å²) in [6, 6.07) is 0. The van der Waals surface area contributed by atoms with Gasteiger partial charge in [-0.3, -0.25) is 4.79 Å². The molecule has 5 nitrogen and oxygen atoms in total. The first-order valence-corrected chi connectivity index (χ1v) is 5.91. The second kappa shape index (κ2) is 4.87.